The van der Waals surface area contributed by atoms with Crippen molar-refractivity contribution in [1.29, 1.82) is 0 Å². The van der Waals surface area contributed by atoms with Gasteiger partial charge in [0.1, 0.15) is 12.3 Å². The Bertz CT molecular complexity index is 1800. The van der Waals surface area contributed by atoms with Gasteiger partial charge in [-0.15, -0.1) is 0 Å². The summed E-state index contributed by atoms with van der Waals surface area (Å²) in [6, 6.07) is 15.3. The number of aliphatic hydroxyl groups excluding tert-OH is 2. The van der Waals surface area contributed by atoms with E-state index in [2.05, 4.69) is 5.32 Å². The largest absolute Gasteiger partial charge is 0.390 e. The number of benzene rings is 3. The minimum absolute atomic E-state index is 0.191. The van der Waals surface area contributed by atoms with Crippen LogP contribution in [0, 0.1) is 0 Å². The lowest BCUT2D eigenvalue weighted by Gasteiger charge is -2.45. The van der Waals surface area contributed by atoms with E-state index >= 15 is 0 Å². The van der Waals surface area contributed by atoms with E-state index in [1.807, 2.05) is 57.7 Å². The zero-order chi connectivity index (χ0) is 23.1. The molecular weight excluding hydrogens is 434 g/mol. The van der Waals surface area contributed by atoms with Crippen molar-refractivity contribution in [2.24, 2.45) is 0 Å². The molecule has 168 valence electrons. The Morgan fingerprint density at radius 2 is 1.50 bits per heavy atom. The second kappa shape index (κ2) is 5.67. The molecule has 1 saturated heterocycles. The molecule has 0 radical (unpaired) electrons. The number of carbonyl (C=O) groups excluding carboxylic acids is 2. The van der Waals surface area contributed by atoms with Gasteiger partial charge in [-0.3, -0.25) is 14.9 Å². The molecule has 2 bridgehead atoms. The van der Waals surface area contributed by atoms with E-state index in [0.717, 1.165) is 27.3 Å². The SMILES string of the molecule is C[C@]12O[C@@H](C[C@H](O)[C@H]1O)n1c3ccccc3c3c4c(c5c6ccccc6n2c5c31)C(=O)NC4=O. The van der Waals surface area contributed by atoms with Gasteiger partial charge in [0.25, 0.3) is 11.8 Å². The highest BCUT2D eigenvalue weighted by Gasteiger charge is 2.52. The van der Waals surface area contributed by atoms with Crippen LogP contribution in [0.3, 0.4) is 0 Å². The minimum atomic E-state index is -1.30. The second-order valence-corrected chi connectivity index (χ2v) is 9.60. The van der Waals surface area contributed by atoms with Gasteiger partial charge in [0.2, 0.25) is 0 Å². The van der Waals surface area contributed by atoms with Crippen LogP contribution in [-0.4, -0.2) is 43.4 Å². The molecule has 4 atom stereocenters. The van der Waals surface area contributed by atoms with Gasteiger partial charge in [0.15, 0.2) is 5.72 Å². The Hall–Kier alpha value is -3.72. The van der Waals surface area contributed by atoms with Crippen molar-refractivity contribution < 1.29 is 24.5 Å². The molecule has 8 nitrogen and oxygen atoms in total. The van der Waals surface area contributed by atoms with E-state index in [4.69, 9.17) is 4.74 Å². The number of aliphatic hydroxyl groups is 2. The molecule has 34 heavy (non-hydrogen) atoms. The smallest absolute Gasteiger partial charge is 0.259 e. The predicted molar refractivity (Wildman–Crippen MR) is 125 cm³/mol. The van der Waals surface area contributed by atoms with Gasteiger partial charge in [-0.25, -0.2) is 0 Å². The summed E-state index contributed by atoms with van der Waals surface area (Å²) in [5.41, 5.74) is 2.50. The minimum Gasteiger partial charge on any atom is -0.390 e. The van der Waals surface area contributed by atoms with Crippen LogP contribution in [0.5, 0.6) is 0 Å². The molecule has 2 amide bonds. The van der Waals surface area contributed by atoms with Gasteiger partial charge in [0, 0.05) is 28.0 Å². The van der Waals surface area contributed by atoms with Crippen molar-refractivity contribution in [3.63, 3.8) is 0 Å². The summed E-state index contributed by atoms with van der Waals surface area (Å²) in [6.07, 6.45) is -2.61. The molecule has 2 aromatic heterocycles. The van der Waals surface area contributed by atoms with Crippen LogP contribution in [0.4, 0.5) is 0 Å². The monoisotopic (exact) mass is 453 g/mol. The van der Waals surface area contributed by atoms with Crippen LogP contribution < -0.4 is 5.32 Å². The number of fused-ring (bicyclic) bond motifs is 13. The number of hydrogen-bond acceptors (Lipinski definition) is 5. The maximum Gasteiger partial charge on any atom is 0.259 e. The van der Waals surface area contributed by atoms with Crippen LogP contribution in [0.15, 0.2) is 48.5 Å². The number of para-hydroxylation sites is 2. The highest BCUT2D eigenvalue weighted by Crippen LogP contribution is 2.53. The van der Waals surface area contributed by atoms with Crippen LogP contribution in [0.1, 0.15) is 40.3 Å². The highest BCUT2D eigenvalue weighted by atomic mass is 16.6. The molecule has 5 heterocycles. The summed E-state index contributed by atoms with van der Waals surface area (Å²) in [5, 5.41) is 27.7. The first-order chi connectivity index (χ1) is 16.4. The average Bonchev–Trinajstić information content (AvgIpc) is 3.42. The molecule has 5 aromatic rings. The zero-order valence-electron chi connectivity index (χ0n) is 18.1. The second-order valence-electron chi connectivity index (χ2n) is 9.60. The van der Waals surface area contributed by atoms with Gasteiger partial charge in [-0.05, 0) is 19.1 Å². The standard InChI is InChI=1S/C26H19N3O5/c1-26-23(31)15(30)10-16(34-26)28-13-8-4-2-6-11(13)17-19-20(25(33)27-24(19)32)18-12-7-3-5-9-14(12)29(26)22(18)21(17)28/h2-9,15-16,23,30-31H,10H2,1H3,(H,27,32,33)/t15-,16-,23+,26-/m0/s1. The Morgan fingerprint density at radius 3 is 2.21 bits per heavy atom. The Labute approximate surface area is 191 Å². The highest BCUT2D eigenvalue weighted by molar-refractivity contribution is 6.39. The fourth-order valence-electron chi connectivity index (χ4n) is 6.59. The van der Waals surface area contributed by atoms with E-state index in [9.17, 15) is 19.8 Å². The van der Waals surface area contributed by atoms with Crippen LogP contribution >= 0.6 is 0 Å². The van der Waals surface area contributed by atoms with E-state index in [1.54, 1.807) is 6.92 Å². The molecule has 1 fully saturated rings. The lowest BCUT2D eigenvalue weighted by Crippen LogP contribution is -2.55. The lowest BCUT2D eigenvalue weighted by atomic mass is 9.95. The zero-order valence-corrected chi connectivity index (χ0v) is 18.1. The molecule has 8 rings (SSSR count). The Morgan fingerprint density at radius 1 is 0.912 bits per heavy atom. The third-order valence-electron chi connectivity index (χ3n) is 7.90. The summed E-state index contributed by atoms with van der Waals surface area (Å²) in [7, 11) is 0. The first-order valence-electron chi connectivity index (χ1n) is 11.3. The fraction of sp³-hybridized carbons (Fsp3) is 0.231. The molecule has 3 aliphatic rings. The van der Waals surface area contributed by atoms with Crippen molar-refractivity contribution in [3.8, 4) is 0 Å². The maximum absolute atomic E-state index is 13.2. The van der Waals surface area contributed by atoms with Gasteiger partial charge in [-0.1, -0.05) is 36.4 Å². The Kier molecular flexibility index (Phi) is 3.11. The average molecular weight is 453 g/mol. The quantitative estimate of drug-likeness (QED) is 0.313. The number of carbonyl (C=O) groups is 2. The summed E-state index contributed by atoms with van der Waals surface area (Å²) in [4.78, 5) is 26.4. The van der Waals surface area contributed by atoms with Crippen LogP contribution in [0.25, 0.3) is 43.6 Å². The normalized spacial score (nSPS) is 27.8. The van der Waals surface area contributed by atoms with E-state index in [0.29, 0.717) is 27.4 Å². The maximum atomic E-state index is 13.2. The molecule has 3 aliphatic heterocycles. The third kappa shape index (κ3) is 1.83. The van der Waals surface area contributed by atoms with Crippen LogP contribution in [-0.2, 0) is 10.5 Å². The molecule has 0 spiro atoms. The van der Waals surface area contributed by atoms with Gasteiger partial charge < -0.3 is 24.1 Å². The van der Waals surface area contributed by atoms with Crippen molar-refractivity contribution in [3.05, 3.63) is 59.7 Å². The first-order valence-corrected chi connectivity index (χ1v) is 11.3. The molecule has 0 aliphatic carbocycles. The molecule has 0 unspecified atom stereocenters. The number of nitrogens with zero attached hydrogens (tertiary/aromatic N) is 2. The fourth-order valence-corrected chi connectivity index (χ4v) is 6.59. The number of nitrogens with one attached hydrogen (secondary N) is 1. The van der Waals surface area contributed by atoms with E-state index in [1.165, 1.54) is 0 Å². The van der Waals surface area contributed by atoms with Crippen LogP contribution in [0.2, 0.25) is 0 Å². The molecule has 3 aromatic carbocycles. The number of rotatable bonds is 0. The summed E-state index contributed by atoms with van der Waals surface area (Å²) >= 11 is 0. The number of amides is 2. The van der Waals surface area contributed by atoms with E-state index in [-0.39, 0.29) is 6.42 Å². The van der Waals surface area contributed by atoms with Gasteiger partial charge >= 0.3 is 0 Å². The molecule has 3 N–H and O–H groups in total. The lowest BCUT2D eigenvalue weighted by molar-refractivity contribution is -0.272. The molecule has 0 saturated carbocycles. The molecule has 8 heteroatoms. The number of imide groups is 1. The first kappa shape index (κ1) is 18.7. The van der Waals surface area contributed by atoms with Gasteiger partial charge in [0.05, 0.1) is 39.3 Å². The van der Waals surface area contributed by atoms with Crippen molar-refractivity contribution in [2.45, 2.75) is 37.5 Å². The van der Waals surface area contributed by atoms with Crippen molar-refractivity contribution in [2.75, 3.05) is 0 Å². The predicted octanol–water partition coefficient (Wildman–Crippen LogP) is 3.11. The third-order valence-corrected chi connectivity index (χ3v) is 7.90. The van der Waals surface area contributed by atoms with Crippen molar-refractivity contribution >= 4 is 55.4 Å². The topological polar surface area (TPSA) is 106 Å². The van der Waals surface area contributed by atoms with E-state index < -0.39 is 36.0 Å². The molecular formula is C26H19N3O5. The van der Waals surface area contributed by atoms with Gasteiger partial charge in [-0.2, -0.15) is 0 Å². The summed E-state index contributed by atoms with van der Waals surface area (Å²) in [6.45, 7) is 1.78. The number of hydrogen-bond donors (Lipinski definition) is 3. The number of aromatic nitrogens is 2. The number of ether oxygens (including phenoxy) is 1. The summed E-state index contributed by atoms with van der Waals surface area (Å²) < 4.78 is 10.6. The van der Waals surface area contributed by atoms with Crippen molar-refractivity contribution in [1.82, 2.24) is 14.5 Å². The Balaban J connectivity index is 1.79. The summed E-state index contributed by atoms with van der Waals surface area (Å²) in [5.74, 6) is -0.846.